The second-order valence-electron chi connectivity index (χ2n) is 22.8. The third kappa shape index (κ3) is 22.2. The first-order chi connectivity index (χ1) is 32.4. The van der Waals surface area contributed by atoms with Crippen molar-refractivity contribution in [1.29, 1.82) is 0 Å². The number of carbonyl (C=O) groups excluding carboxylic acids is 4. The van der Waals surface area contributed by atoms with Crippen LogP contribution in [-0.2, 0) is 38.1 Å². The molecule has 0 N–H and O–H groups in total. The van der Waals surface area contributed by atoms with Gasteiger partial charge in [-0.1, -0.05) is 177 Å². The first kappa shape index (κ1) is 59.2. The zero-order chi connectivity index (χ0) is 48.9. The summed E-state index contributed by atoms with van der Waals surface area (Å²) in [6, 6.07) is 0. The van der Waals surface area contributed by atoms with Gasteiger partial charge in [0, 0.05) is 47.3 Å². The number of ether oxygens (including phenoxy) is 4. The molecule has 4 fully saturated rings. The average Bonchev–Trinajstić information content (AvgIpc) is 3.31. The van der Waals surface area contributed by atoms with Gasteiger partial charge in [0.25, 0.3) is 0 Å². The minimum atomic E-state index is -0.400. The predicted molar refractivity (Wildman–Crippen MR) is 274 cm³/mol. The van der Waals surface area contributed by atoms with E-state index in [9.17, 15) is 19.2 Å². The van der Waals surface area contributed by atoms with Crippen LogP contribution in [0.15, 0.2) is 0 Å². The SMILES string of the molecule is CCCCCCCCCCCC(=O)OCC12CC3(COC(=O)CCCN(CC)CC)CC(COC(=O)CCC(CCCC)CCCC)(C1)CC(COC(=O)CCC(CCCC)CCCC)(C2)C3. The topological polar surface area (TPSA) is 108 Å². The van der Waals surface area contributed by atoms with Crippen LogP contribution >= 0.6 is 0 Å². The molecule has 0 aromatic rings. The van der Waals surface area contributed by atoms with Gasteiger partial charge in [-0.05, 0) is 95.7 Å². The molecule has 4 aliphatic rings. The van der Waals surface area contributed by atoms with Gasteiger partial charge in [0.2, 0.25) is 0 Å². The van der Waals surface area contributed by atoms with Gasteiger partial charge in [-0.2, -0.15) is 0 Å². The van der Waals surface area contributed by atoms with E-state index in [1.165, 1.54) is 64.2 Å². The molecule has 67 heavy (non-hydrogen) atoms. The van der Waals surface area contributed by atoms with E-state index >= 15 is 0 Å². The molecule has 4 aliphatic carbocycles. The number of esters is 4. The van der Waals surface area contributed by atoms with Gasteiger partial charge in [-0.25, -0.2) is 0 Å². The van der Waals surface area contributed by atoms with Crippen LogP contribution in [0.1, 0.15) is 267 Å². The maximum Gasteiger partial charge on any atom is 0.305 e. The molecule has 0 aliphatic heterocycles. The van der Waals surface area contributed by atoms with Crippen LogP contribution in [0.3, 0.4) is 0 Å². The second-order valence-corrected chi connectivity index (χ2v) is 22.8. The van der Waals surface area contributed by atoms with E-state index in [0.29, 0.717) is 57.3 Å². The number of hydrogen-bond donors (Lipinski definition) is 0. The predicted octanol–water partition coefficient (Wildman–Crippen LogP) is 15.1. The molecule has 0 saturated heterocycles. The normalized spacial score (nSPS) is 23.1. The molecule has 390 valence electrons. The number of unbranched alkanes of at least 4 members (excludes halogenated alkanes) is 12. The van der Waals surface area contributed by atoms with Gasteiger partial charge in [0.15, 0.2) is 0 Å². The third-order valence-corrected chi connectivity index (χ3v) is 16.3. The maximum atomic E-state index is 13.7. The van der Waals surface area contributed by atoms with E-state index < -0.39 is 21.7 Å². The van der Waals surface area contributed by atoms with Gasteiger partial charge in [-0.3, -0.25) is 19.2 Å². The van der Waals surface area contributed by atoms with E-state index in [1.807, 2.05) is 0 Å². The lowest BCUT2D eigenvalue weighted by Gasteiger charge is -2.69. The first-order valence-electron chi connectivity index (χ1n) is 28.7. The molecular formula is C58H105NO8. The molecule has 4 bridgehead atoms. The van der Waals surface area contributed by atoms with Gasteiger partial charge in [0.1, 0.15) is 0 Å². The monoisotopic (exact) mass is 944 g/mol. The Kier molecular flexibility index (Phi) is 28.8. The van der Waals surface area contributed by atoms with E-state index in [4.69, 9.17) is 18.9 Å². The van der Waals surface area contributed by atoms with Crippen molar-refractivity contribution in [1.82, 2.24) is 4.90 Å². The van der Waals surface area contributed by atoms with Crippen LogP contribution in [0.4, 0.5) is 0 Å². The molecule has 0 spiro atoms. The van der Waals surface area contributed by atoms with Crippen LogP contribution in [0.2, 0.25) is 0 Å². The molecule has 9 nitrogen and oxygen atoms in total. The molecule has 2 unspecified atom stereocenters. The Morgan fingerprint density at radius 2 is 0.642 bits per heavy atom. The first-order valence-corrected chi connectivity index (χ1v) is 28.7. The van der Waals surface area contributed by atoms with E-state index in [2.05, 4.69) is 53.4 Å². The summed E-state index contributed by atoms with van der Waals surface area (Å²) in [6.07, 6.45) is 33.5. The molecule has 2 atom stereocenters. The van der Waals surface area contributed by atoms with Gasteiger partial charge in [0.05, 0.1) is 26.4 Å². The van der Waals surface area contributed by atoms with Crippen LogP contribution in [0.25, 0.3) is 0 Å². The number of carbonyl (C=O) groups is 4. The highest BCUT2D eigenvalue weighted by molar-refractivity contribution is 5.70. The molecular weight excluding hydrogens is 839 g/mol. The van der Waals surface area contributed by atoms with Crippen LogP contribution < -0.4 is 0 Å². The minimum absolute atomic E-state index is 0.134. The summed E-state index contributed by atoms with van der Waals surface area (Å²) in [7, 11) is 0. The Bertz CT molecular complexity index is 1310. The van der Waals surface area contributed by atoms with Crippen molar-refractivity contribution < 1.29 is 38.1 Å². The highest BCUT2D eigenvalue weighted by Gasteiger charge is 2.69. The largest absolute Gasteiger partial charge is 0.465 e. The third-order valence-electron chi connectivity index (χ3n) is 16.3. The molecule has 0 aromatic heterocycles. The van der Waals surface area contributed by atoms with Crippen LogP contribution in [0, 0.1) is 33.5 Å². The average molecular weight is 944 g/mol. The van der Waals surface area contributed by atoms with Crippen molar-refractivity contribution in [3.8, 4) is 0 Å². The Morgan fingerprint density at radius 3 is 0.955 bits per heavy atom. The minimum Gasteiger partial charge on any atom is -0.465 e. The lowest BCUT2D eigenvalue weighted by Crippen LogP contribution is -2.65. The summed E-state index contributed by atoms with van der Waals surface area (Å²) in [6.45, 7) is 19.4. The van der Waals surface area contributed by atoms with Crippen molar-refractivity contribution in [2.45, 2.75) is 267 Å². The Hall–Kier alpha value is -2.16. The molecule has 4 saturated carbocycles. The lowest BCUT2D eigenvalue weighted by molar-refractivity contribution is -0.249. The summed E-state index contributed by atoms with van der Waals surface area (Å²) in [5.41, 5.74) is -1.59. The molecule has 0 aromatic carbocycles. The zero-order valence-electron chi connectivity index (χ0n) is 44.9. The Labute approximate surface area is 411 Å². The zero-order valence-corrected chi connectivity index (χ0v) is 44.9. The summed E-state index contributed by atoms with van der Waals surface area (Å²) in [5.74, 6) is 0.491. The van der Waals surface area contributed by atoms with Gasteiger partial charge >= 0.3 is 23.9 Å². The molecule has 0 amide bonds. The summed E-state index contributed by atoms with van der Waals surface area (Å²) in [5, 5.41) is 0. The van der Waals surface area contributed by atoms with Crippen molar-refractivity contribution in [2.24, 2.45) is 33.5 Å². The quantitative estimate of drug-likeness (QED) is 0.0336. The summed E-state index contributed by atoms with van der Waals surface area (Å²) in [4.78, 5) is 56.7. The van der Waals surface area contributed by atoms with E-state index in [0.717, 1.165) is 148 Å². The fraction of sp³-hybridized carbons (Fsp3) is 0.931. The van der Waals surface area contributed by atoms with Crippen molar-refractivity contribution >= 4 is 23.9 Å². The smallest absolute Gasteiger partial charge is 0.305 e. The molecule has 0 heterocycles. The summed E-state index contributed by atoms with van der Waals surface area (Å²) >= 11 is 0. The Balaban J connectivity index is 1.85. The lowest BCUT2D eigenvalue weighted by atomic mass is 9.36. The van der Waals surface area contributed by atoms with Gasteiger partial charge in [-0.15, -0.1) is 0 Å². The fourth-order valence-corrected chi connectivity index (χ4v) is 13.4. The summed E-state index contributed by atoms with van der Waals surface area (Å²) < 4.78 is 25.3. The highest BCUT2D eigenvalue weighted by Crippen LogP contribution is 2.74. The van der Waals surface area contributed by atoms with E-state index in [-0.39, 0.29) is 30.5 Å². The van der Waals surface area contributed by atoms with Crippen molar-refractivity contribution in [2.75, 3.05) is 46.1 Å². The van der Waals surface area contributed by atoms with Crippen molar-refractivity contribution in [3.63, 3.8) is 0 Å². The standard InChI is InChI=1S/C58H105NO8/c1-8-15-20-21-22-23-24-25-26-32-51(60)64-45-55-39-56(46-65-52(61)33-27-38-59(13-6)14-7)42-57(40-55,47-66-53(62)36-34-49(28-16-9-2)29-17-10-3)44-58(41-55,43-56)48-67-54(63)37-35-50(30-18-11-4)31-19-12-5/h49-50H,8-48H2,1-7H3. The van der Waals surface area contributed by atoms with Crippen molar-refractivity contribution in [3.05, 3.63) is 0 Å². The maximum absolute atomic E-state index is 13.7. The van der Waals surface area contributed by atoms with E-state index in [1.54, 1.807) is 0 Å². The molecule has 9 heteroatoms. The fourth-order valence-electron chi connectivity index (χ4n) is 13.4. The second kappa shape index (κ2) is 32.7. The van der Waals surface area contributed by atoms with Gasteiger partial charge < -0.3 is 23.8 Å². The Morgan fingerprint density at radius 1 is 0.358 bits per heavy atom. The molecule has 0 radical (unpaired) electrons. The number of hydrogen-bond acceptors (Lipinski definition) is 9. The van der Waals surface area contributed by atoms with Crippen LogP contribution in [-0.4, -0.2) is 74.8 Å². The highest BCUT2D eigenvalue weighted by atomic mass is 16.5. The van der Waals surface area contributed by atoms with Crippen LogP contribution in [0.5, 0.6) is 0 Å². The number of rotatable bonds is 42. The molecule has 4 rings (SSSR count). The number of nitrogens with zero attached hydrogens (tertiary/aromatic N) is 1.